The Kier molecular flexibility index (Phi) is 5.69. The lowest BCUT2D eigenvalue weighted by Gasteiger charge is -2.56. The number of methoxy groups -OCH3 is 1. The van der Waals surface area contributed by atoms with E-state index in [2.05, 4.69) is 17.9 Å². The van der Waals surface area contributed by atoms with Crippen molar-refractivity contribution < 1.29 is 14.6 Å². The Bertz CT molecular complexity index is 714. The van der Waals surface area contributed by atoms with Gasteiger partial charge in [0.1, 0.15) is 5.75 Å². The lowest BCUT2D eigenvalue weighted by Crippen LogP contribution is -2.59. The molecule has 0 amide bonds. The molecule has 0 spiro atoms. The summed E-state index contributed by atoms with van der Waals surface area (Å²) in [6.45, 7) is 4.91. The maximum absolute atomic E-state index is 11.4. The van der Waals surface area contributed by atoms with Crippen LogP contribution in [0.15, 0.2) is 18.2 Å². The number of hydrogen-bond donors (Lipinski definition) is 1. The minimum absolute atomic E-state index is 0.104. The maximum atomic E-state index is 11.4. The highest BCUT2D eigenvalue weighted by atomic mass is 16.5. The zero-order chi connectivity index (χ0) is 19.7. The third kappa shape index (κ3) is 3.80. The summed E-state index contributed by atoms with van der Waals surface area (Å²) >= 11 is 0. The van der Waals surface area contributed by atoms with Crippen molar-refractivity contribution in [1.29, 1.82) is 0 Å². The van der Waals surface area contributed by atoms with Gasteiger partial charge >= 0.3 is 5.97 Å². The molecule has 1 aromatic rings. The zero-order valence-electron chi connectivity index (χ0n) is 17.5. The van der Waals surface area contributed by atoms with Crippen molar-refractivity contribution in [1.82, 2.24) is 4.90 Å². The second-order valence-electron chi connectivity index (χ2n) is 9.38. The summed E-state index contributed by atoms with van der Waals surface area (Å²) in [6.07, 6.45) is 9.90. The largest absolute Gasteiger partial charge is 0.508 e. The SMILES string of the molecule is COC(=O)CCCCC[C@]12CCN(CC3CC3)[C@H](Cc3ccc(O)cc31)[C@@H]2C. The Balaban J connectivity index is 1.51. The minimum Gasteiger partial charge on any atom is -0.508 e. The molecule has 0 unspecified atom stereocenters. The Labute approximate surface area is 169 Å². The van der Waals surface area contributed by atoms with Crippen molar-refractivity contribution in [3.05, 3.63) is 29.3 Å². The molecule has 1 saturated carbocycles. The molecule has 1 N–H and O–H groups in total. The first-order chi connectivity index (χ1) is 13.5. The van der Waals surface area contributed by atoms with Gasteiger partial charge in [0, 0.05) is 24.4 Å². The summed E-state index contributed by atoms with van der Waals surface area (Å²) in [6, 6.07) is 6.70. The van der Waals surface area contributed by atoms with Gasteiger partial charge in [0.15, 0.2) is 0 Å². The highest BCUT2D eigenvalue weighted by molar-refractivity contribution is 5.68. The van der Waals surface area contributed by atoms with E-state index in [9.17, 15) is 9.90 Å². The van der Waals surface area contributed by atoms with Crippen LogP contribution < -0.4 is 0 Å². The summed E-state index contributed by atoms with van der Waals surface area (Å²) in [5.41, 5.74) is 3.01. The summed E-state index contributed by atoms with van der Waals surface area (Å²) in [4.78, 5) is 14.1. The second-order valence-corrected chi connectivity index (χ2v) is 9.38. The van der Waals surface area contributed by atoms with Crippen molar-refractivity contribution in [2.24, 2.45) is 11.8 Å². The van der Waals surface area contributed by atoms with E-state index in [-0.39, 0.29) is 11.4 Å². The van der Waals surface area contributed by atoms with E-state index in [1.807, 2.05) is 12.1 Å². The maximum Gasteiger partial charge on any atom is 0.305 e. The molecule has 1 heterocycles. The number of rotatable bonds is 8. The van der Waals surface area contributed by atoms with Gasteiger partial charge in [0.05, 0.1) is 7.11 Å². The van der Waals surface area contributed by atoms with Gasteiger partial charge in [-0.25, -0.2) is 0 Å². The summed E-state index contributed by atoms with van der Waals surface area (Å²) in [7, 11) is 1.46. The van der Waals surface area contributed by atoms with E-state index in [1.54, 1.807) is 0 Å². The molecule has 2 fully saturated rings. The van der Waals surface area contributed by atoms with E-state index in [1.165, 1.54) is 50.6 Å². The van der Waals surface area contributed by atoms with Gasteiger partial charge in [-0.3, -0.25) is 9.69 Å². The molecule has 1 saturated heterocycles. The third-order valence-corrected chi connectivity index (χ3v) is 7.74. The van der Waals surface area contributed by atoms with Gasteiger partial charge in [-0.05, 0) is 80.2 Å². The van der Waals surface area contributed by atoms with Crippen LogP contribution in [0.4, 0.5) is 0 Å². The van der Waals surface area contributed by atoms with E-state index in [0.717, 1.165) is 38.0 Å². The minimum atomic E-state index is -0.104. The molecule has 0 radical (unpaired) electrons. The topological polar surface area (TPSA) is 49.8 Å². The quantitative estimate of drug-likeness (QED) is 0.531. The number of fused-ring (bicyclic) bond motifs is 4. The van der Waals surface area contributed by atoms with Crippen LogP contribution in [0, 0.1) is 11.8 Å². The molecular weight excluding hydrogens is 350 g/mol. The molecule has 3 aliphatic rings. The molecule has 3 atom stereocenters. The third-order valence-electron chi connectivity index (χ3n) is 7.74. The lowest BCUT2D eigenvalue weighted by atomic mass is 9.56. The van der Waals surface area contributed by atoms with E-state index < -0.39 is 0 Å². The number of nitrogens with zero attached hydrogens (tertiary/aromatic N) is 1. The number of phenolic OH excluding ortho intramolecular Hbond substituents is 1. The summed E-state index contributed by atoms with van der Waals surface area (Å²) < 4.78 is 4.76. The number of aromatic hydroxyl groups is 1. The normalized spacial score (nSPS) is 29.4. The van der Waals surface area contributed by atoms with Crippen molar-refractivity contribution in [3.8, 4) is 5.75 Å². The molecule has 1 aliphatic heterocycles. The molecule has 154 valence electrons. The van der Waals surface area contributed by atoms with Crippen LogP contribution >= 0.6 is 0 Å². The van der Waals surface area contributed by atoms with Crippen LogP contribution in [-0.2, 0) is 21.4 Å². The Morgan fingerprint density at radius 1 is 1.29 bits per heavy atom. The fourth-order valence-electron chi connectivity index (χ4n) is 5.87. The molecule has 4 heteroatoms. The van der Waals surface area contributed by atoms with Crippen molar-refractivity contribution in [3.63, 3.8) is 0 Å². The van der Waals surface area contributed by atoms with E-state index >= 15 is 0 Å². The predicted octanol–water partition coefficient (Wildman–Crippen LogP) is 4.43. The van der Waals surface area contributed by atoms with Crippen LogP contribution in [0.1, 0.15) is 69.4 Å². The number of likely N-dealkylation sites (tertiary alicyclic amines) is 1. The average Bonchev–Trinajstić information content (AvgIpc) is 3.50. The number of carbonyl (C=O) groups is 1. The van der Waals surface area contributed by atoms with Crippen molar-refractivity contribution in [2.75, 3.05) is 20.2 Å². The van der Waals surface area contributed by atoms with Gasteiger partial charge in [0.2, 0.25) is 0 Å². The van der Waals surface area contributed by atoms with E-state index in [4.69, 9.17) is 4.74 Å². The fraction of sp³-hybridized carbons (Fsp3) is 0.708. The fourth-order valence-corrected chi connectivity index (χ4v) is 5.87. The second kappa shape index (κ2) is 8.06. The smallest absolute Gasteiger partial charge is 0.305 e. The Hall–Kier alpha value is -1.55. The number of benzene rings is 1. The first kappa shape index (κ1) is 19.8. The average molecular weight is 386 g/mol. The highest BCUT2D eigenvalue weighted by Crippen LogP contribution is 2.52. The first-order valence-electron chi connectivity index (χ1n) is 11.2. The van der Waals surface area contributed by atoms with Crippen LogP contribution in [0.5, 0.6) is 5.75 Å². The molecular formula is C24H35NO3. The molecule has 28 heavy (non-hydrogen) atoms. The predicted molar refractivity (Wildman–Crippen MR) is 110 cm³/mol. The molecule has 2 bridgehead atoms. The standard InChI is InChI=1S/C24H35NO3/c1-17-22-14-19-9-10-20(26)15-21(19)24(17,11-5-3-4-6-23(27)28-2)12-13-25(22)16-18-7-8-18/h9-10,15,17-18,22,26H,3-8,11-14,16H2,1-2H3/t17-,22+,24+/m0/s1. The van der Waals surface area contributed by atoms with Crippen LogP contribution in [-0.4, -0.2) is 42.2 Å². The lowest BCUT2D eigenvalue weighted by molar-refractivity contribution is -0.140. The van der Waals surface area contributed by atoms with Crippen molar-refractivity contribution >= 4 is 5.97 Å². The van der Waals surface area contributed by atoms with Crippen LogP contribution in [0.25, 0.3) is 0 Å². The number of unbranched alkanes of at least 4 members (excludes halogenated alkanes) is 2. The first-order valence-corrected chi connectivity index (χ1v) is 11.2. The number of phenols is 1. The number of piperidine rings is 1. The number of carbonyl (C=O) groups excluding carboxylic acids is 1. The molecule has 4 rings (SSSR count). The number of hydrogen-bond acceptors (Lipinski definition) is 4. The number of esters is 1. The zero-order valence-corrected chi connectivity index (χ0v) is 17.5. The van der Waals surface area contributed by atoms with Gasteiger partial charge in [-0.1, -0.05) is 25.8 Å². The molecule has 1 aromatic carbocycles. The van der Waals surface area contributed by atoms with Gasteiger partial charge in [0.25, 0.3) is 0 Å². The van der Waals surface area contributed by atoms with Gasteiger partial charge < -0.3 is 9.84 Å². The molecule has 4 nitrogen and oxygen atoms in total. The Morgan fingerprint density at radius 2 is 2.11 bits per heavy atom. The molecule has 2 aliphatic carbocycles. The monoisotopic (exact) mass is 385 g/mol. The van der Waals surface area contributed by atoms with E-state index in [0.29, 0.717) is 24.1 Å². The highest BCUT2D eigenvalue weighted by Gasteiger charge is 2.51. The Morgan fingerprint density at radius 3 is 2.86 bits per heavy atom. The summed E-state index contributed by atoms with van der Waals surface area (Å²) in [5, 5.41) is 10.2. The summed E-state index contributed by atoms with van der Waals surface area (Å²) in [5.74, 6) is 1.83. The van der Waals surface area contributed by atoms with Crippen LogP contribution in [0.3, 0.4) is 0 Å². The van der Waals surface area contributed by atoms with Gasteiger partial charge in [-0.2, -0.15) is 0 Å². The van der Waals surface area contributed by atoms with Crippen LogP contribution in [0.2, 0.25) is 0 Å². The molecule has 0 aromatic heterocycles. The number of ether oxygens (including phenoxy) is 1. The van der Waals surface area contributed by atoms with Gasteiger partial charge in [-0.15, -0.1) is 0 Å². The van der Waals surface area contributed by atoms with Crippen molar-refractivity contribution in [2.45, 2.75) is 76.2 Å².